The van der Waals surface area contributed by atoms with E-state index in [9.17, 15) is 4.79 Å². The lowest BCUT2D eigenvalue weighted by Crippen LogP contribution is -2.44. The maximum atomic E-state index is 11.3. The first kappa shape index (κ1) is 12.5. The van der Waals surface area contributed by atoms with Crippen LogP contribution in [-0.2, 0) is 14.3 Å². The van der Waals surface area contributed by atoms with Gasteiger partial charge in [0.15, 0.2) is 0 Å². The van der Waals surface area contributed by atoms with Crippen molar-refractivity contribution in [1.82, 2.24) is 5.32 Å². The lowest BCUT2D eigenvalue weighted by molar-refractivity contribution is -0.142. The molecule has 0 aromatic carbocycles. The zero-order chi connectivity index (χ0) is 11.3. The third kappa shape index (κ3) is 3.47. The van der Waals surface area contributed by atoms with E-state index in [0.717, 1.165) is 32.3 Å². The molecule has 0 amide bonds. The van der Waals surface area contributed by atoms with Gasteiger partial charge in [0, 0.05) is 19.3 Å². The van der Waals surface area contributed by atoms with E-state index in [2.05, 4.69) is 12.2 Å². The number of nitrogens with one attached hydrogen (secondary N) is 1. The van der Waals surface area contributed by atoms with Crippen molar-refractivity contribution in [2.75, 3.05) is 20.8 Å². The molecular weight excluding hydrogens is 194 g/mol. The monoisotopic (exact) mass is 215 g/mol. The zero-order valence-corrected chi connectivity index (χ0v) is 9.84. The predicted octanol–water partition coefficient (Wildman–Crippen LogP) is 1.10. The first-order valence-corrected chi connectivity index (χ1v) is 5.46. The normalized spacial score (nSPS) is 30.5. The maximum Gasteiger partial charge on any atom is 0.322 e. The van der Waals surface area contributed by atoms with Gasteiger partial charge in [0.25, 0.3) is 0 Å². The van der Waals surface area contributed by atoms with E-state index >= 15 is 0 Å². The second kappa shape index (κ2) is 5.47. The molecule has 0 spiro atoms. The number of hydrogen-bond donors (Lipinski definition) is 1. The molecular formula is C11H21NO3. The van der Waals surface area contributed by atoms with Gasteiger partial charge in [-0.1, -0.05) is 0 Å². The quantitative estimate of drug-likeness (QED) is 0.551. The van der Waals surface area contributed by atoms with Crippen LogP contribution in [0, 0.1) is 0 Å². The minimum atomic E-state index is -0.148. The van der Waals surface area contributed by atoms with Crippen LogP contribution in [0.2, 0.25) is 0 Å². The largest absolute Gasteiger partial charge is 0.468 e. The van der Waals surface area contributed by atoms with Crippen molar-refractivity contribution < 1.29 is 14.3 Å². The summed E-state index contributed by atoms with van der Waals surface area (Å²) in [6.45, 7) is 2.94. The second-order valence-electron chi connectivity index (χ2n) is 4.42. The first-order chi connectivity index (χ1) is 7.11. The van der Waals surface area contributed by atoms with E-state index in [1.807, 2.05) is 0 Å². The standard InChI is InChI=1S/C11H21NO3/c1-11(6-4-8-14-2)7-5-9(12-11)10(13)15-3/h9,12H,4-8H2,1-3H3. The van der Waals surface area contributed by atoms with Crippen LogP contribution in [-0.4, -0.2) is 38.4 Å². The molecule has 0 saturated carbocycles. The summed E-state index contributed by atoms with van der Waals surface area (Å²) in [7, 11) is 3.15. The van der Waals surface area contributed by atoms with E-state index in [1.165, 1.54) is 7.11 Å². The molecule has 4 nitrogen and oxygen atoms in total. The van der Waals surface area contributed by atoms with Gasteiger partial charge >= 0.3 is 5.97 Å². The summed E-state index contributed by atoms with van der Waals surface area (Å²) in [5, 5.41) is 3.35. The Labute approximate surface area is 91.3 Å². The Morgan fingerprint density at radius 2 is 2.27 bits per heavy atom. The predicted molar refractivity (Wildman–Crippen MR) is 57.7 cm³/mol. The molecule has 2 atom stereocenters. The molecule has 1 fully saturated rings. The van der Waals surface area contributed by atoms with Gasteiger partial charge in [0.2, 0.25) is 0 Å². The summed E-state index contributed by atoms with van der Waals surface area (Å²) < 4.78 is 9.75. The molecule has 1 aliphatic rings. The summed E-state index contributed by atoms with van der Waals surface area (Å²) in [5.74, 6) is -0.148. The van der Waals surface area contributed by atoms with Crippen LogP contribution in [0.5, 0.6) is 0 Å². The van der Waals surface area contributed by atoms with Gasteiger partial charge in [-0.05, 0) is 32.6 Å². The van der Waals surface area contributed by atoms with Crippen molar-refractivity contribution in [2.24, 2.45) is 0 Å². The van der Waals surface area contributed by atoms with E-state index in [1.54, 1.807) is 7.11 Å². The Balaban J connectivity index is 2.35. The topological polar surface area (TPSA) is 47.6 Å². The molecule has 0 aromatic heterocycles. The number of hydrogen-bond acceptors (Lipinski definition) is 4. The van der Waals surface area contributed by atoms with Crippen LogP contribution in [0.25, 0.3) is 0 Å². The third-order valence-electron chi connectivity index (χ3n) is 3.07. The molecule has 0 bridgehead atoms. The molecule has 1 rings (SSSR count). The Hall–Kier alpha value is -0.610. The molecule has 4 heteroatoms. The number of carbonyl (C=O) groups excluding carboxylic acids is 1. The van der Waals surface area contributed by atoms with E-state index in [4.69, 9.17) is 9.47 Å². The SMILES string of the molecule is COCCCC1(C)CCC(C(=O)OC)N1. The van der Waals surface area contributed by atoms with Gasteiger partial charge < -0.3 is 9.47 Å². The van der Waals surface area contributed by atoms with Crippen LogP contribution in [0.3, 0.4) is 0 Å². The van der Waals surface area contributed by atoms with Gasteiger partial charge in [-0.15, -0.1) is 0 Å². The minimum Gasteiger partial charge on any atom is -0.468 e. The summed E-state index contributed by atoms with van der Waals surface area (Å²) in [5.41, 5.74) is 0.0669. The molecule has 2 unspecified atom stereocenters. The Kier molecular flexibility index (Phi) is 4.54. The van der Waals surface area contributed by atoms with Crippen LogP contribution in [0.4, 0.5) is 0 Å². The maximum absolute atomic E-state index is 11.3. The van der Waals surface area contributed by atoms with Crippen molar-refractivity contribution in [3.05, 3.63) is 0 Å². The molecule has 0 aliphatic carbocycles. The molecule has 1 N–H and O–H groups in total. The van der Waals surface area contributed by atoms with Gasteiger partial charge in [-0.25, -0.2) is 0 Å². The number of ether oxygens (including phenoxy) is 2. The Morgan fingerprint density at radius 3 is 2.87 bits per heavy atom. The fourth-order valence-corrected chi connectivity index (χ4v) is 2.15. The van der Waals surface area contributed by atoms with Gasteiger partial charge in [-0.3, -0.25) is 10.1 Å². The molecule has 1 heterocycles. The second-order valence-corrected chi connectivity index (χ2v) is 4.42. The van der Waals surface area contributed by atoms with Crippen molar-refractivity contribution in [2.45, 2.75) is 44.2 Å². The van der Waals surface area contributed by atoms with Crippen molar-refractivity contribution in [3.8, 4) is 0 Å². The first-order valence-electron chi connectivity index (χ1n) is 5.46. The Bertz CT molecular complexity index is 220. The average molecular weight is 215 g/mol. The fraction of sp³-hybridized carbons (Fsp3) is 0.909. The number of methoxy groups -OCH3 is 2. The highest BCUT2D eigenvalue weighted by Gasteiger charge is 2.37. The highest BCUT2D eigenvalue weighted by molar-refractivity contribution is 5.76. The van der Waals surface area contributed by atoms with Crippen molar-refractivity contribution in [1.29, 1.82) is 0 Å². The van der Waals surface area contributed by atoms with Crippen LogP contribution >= 0.6 is 0 Å². The molecule has 0 aromatic rings. The lowest BCUT2D eigenvalue weighted by Gasteiger charge is -2.25. The van der Waals surface area contributed by atoms with Crippen LogP contribution in [0.15, 0.2) is 0 Å². The van der Waals surface area contributed by atoms with Crippen LogP contribution < -0.4 is 5.32 Å². The van der Waals surface area contributed by atoms with E-state index in [-0.39, 0.29) is 17.6 Å². The summed E-state index contributed by atoms with van der Waals surface area (Å²) >= 11 is 0. The molecule has 0 radical (unpaired) electrons. The van der Waals surface area contributed by atoms with Gasteiger partial charge in [0.1, 0.15) is 6.04 Å². The summed E-state index contributed by atoms with van der Waals surface area (Å²) in [6.07, 6.45) is 3.95. The van der Waals surface area contributed by atoms with Crippen molar-refractivity contribution >= 4 is 5.97 Å². The average Bonchev–Trinajstić information content (AvgIpc) is 2.61. The number of esters is 1. The highest BCUT2D eigenvalue weighted by Crippen LogP contribution is 2.27. The minimum absolute atomic E-state index is 0.0669. The van der Waals surface area contributed by atoms with Gasteiger partial charge in [-0.2, -0.15) is 0 Å². The van der Waals surface area contributed by atoms with E-state index < -0.39 is 0 Å². The number of rotatable bonds is 5. The number of carbonyl (C=O) groups is 1. The lowest BCUT2D eigenvalue weighted by atomic mass is 9.94. The summed E-state index contributed by atoms with van der Waals surface area (Å²) in [4.78, 5) is 11.3. The van der Waals surface area contributed by atoms with E-state index in [0.29, 0.717) is 0 Å². The zero-order valence-electron chi connectivity index (χ0n) is 9.84. The third-order valence-corrected chi connectivity index (χ3v) is 3.07. The molecule has 1 saturated heterocycles. The summed E-state index contributed by atoms with van der Waals surface area (Å²) in [6, 6.07) is -0.123. The van der Waals surface area contributed by atoms with Crippen LogP contribution in [0.1, 0.15) is 32.6 Å². The molecule has 15 heavy (non-hydrogen) atoms. The van der Waals surface area contributed by atoms with Crippen molar-refractivity contribution in [3.63, 3.8) is 0 Å². The molecule has 1 aliphatic heterocycles. The highest BCUT2D eigenvalue weighted by atomic mass is 16.5. The Morgan fingerprint density at radius 1 is 1.53 bits per heavy atom. The molecule has 88 valence electrons. The van der Waals surface area contributed by atoms with Gasteiger partial charge in [0.05, 0.1) is 7.11 Å². The fourth-order valence-electron chi connectivity index (χ4n) is 2.15. The smallest absolute Gasteiger partial charge is 0.322 e.